The van der Waals surface area contributed by atoms with E-state index in [1.54, 1.807) is 12.1 Å². The zero-order valence-corrected chi connectivity index (χ0v) is 25.8. The topological polar surface area (TPSA) is 133 Å². The molecule has 1 aliphatic heterocycles. The van der Waals surface area contributed by atoms with Gasteiger partial charge in [-0.1, -0.05) is 30.3 Å². The Hall–Kier alpha value is -4.59. The van der Waals surface area contributed by atoms with Crippen molar-refractivity contribution in [1.82, 2.24) is 15.3 Å². The van der Waals surface area contributed by atoms with Crippen LogP contribution in [-0.2, 0) is 20.8 Å². The molecule has 13 heteroatoms. The molecule has 4 aromatic rings. The zero-order chi connectivity index (χ0) is 32.0. The van der Waals surface area contributed by atoms with Crippen LogP contribution in [0.4, 0.5) is 10.1 Å². The molecule has 46 heavy (non-hydrogen) atoms. The van der Waals surface area contributed by atoms with Crippen LogP contribution >= 0.6 is 12.2 Å². The molecular weight excluding hydrogens is 615 g/mol. The van der Waals surface area contributed by atoms with E-state index in [0.29, 0.717) is 59.8 Å². The number of aromatic nitrogens is 2. The lowest BCUT2D eigenvalue weighted by Crippen LogP contribution is -2.34. The highest BCUT2D eigenvalue weighted by Crippen LogP contribution is 2.44. The van der Waals surface area contributed by atoms with Crippen molar-refractivity contribution in [3.63, 3.8) is 0 Å². The standard InChI is InChI=1S/C33H33FN4O7S/c1-41-28-13-24-26(15-29(28)42-16-20-7-8-21-17-43-31(40)14-23(20)21)35-18-36-32(24)44-27-10-9-22(12-25(27)34)38-45-33(46)37-30(39)11-19-5-3-2-4-6-19/h2-6,9-10,12-13,15,18,20-21,23,31,38,40H,7-8,11,14,16-17H2,1H3,(H,37,39,46). The number of carbonyl (C=O) groups excluding carboxylic acids is 1. The van der Waals surface area contributed by atoms with Gasteiger partial charge in [-0.15, -0.1) is 0 Å². The van der Waals surface area contributed by atoms with Gasteiger partial charge in [0.2, 0.25) is 11.8 Å². The smallest absolute Gasteiger partial charge is 0.292 e. The quantitative estimate of drug-likeness (QED) is 0.153. The average molecular weight is 649 g/mol. The first-order valence-corrected chi connectivity index (χ1v) is 15.3. The third-order valence-corrected chi connectivity index (χ3v) is 8.47. The van der Waals surface area contributed by atoms with Crippen LogP contribution in [-0.4, -0.2) is 52.8 Å². The Bertz CT molecular complexity index is 1710. The third kappa shape index (κ3) is 7.44. The normalized spacial score (nSPS) is 20.4. The number of benzene rings is 3. The van der Waals surface area contributed by atoms with Gasteiger partial charge in [-0.3, -0.25) is 10.1 Å². The Labute approximate surface area is 270 Å². The van der Waals surface area contributed by atoms with Gasteiger partial charge in [0.25, 0.3) is 5.17 Å². The van der Waals surface area contributed by atoms with Gasteiger partial charge in [0.1, 0.15) is 6.33 Å². The van der Waals surface area contributed by atoms with Crippen LogP contribution in [0.3, 0.4) is 0 Å². The number of nitrogens with one attached hydrogen (secondary N) is 2. The van der Waals surface area contributed by atoms with Gasteiger partial charge in [0.05, 0.1) is 43.3 Å². The number of aliphatic hydroxyl groups excluding tert-OH is 1. The van der Waals surface area contributed by atoms with Gasteiger partial charge in [-0.05, 0) is 66.6 Å². The van der Waals surface area contributed by atoms with Crippen LogP contribution in [0.25, 0.3) is 10.9 Å². The molecule has 3 aromatic carbocycles. The van der Waals surface area contributed by atoms with Gasteiger partial charge in [0.15, 0.2) is 29.4 Å². The van der Waals surface area contributed by atoms with E-state index in [1.807, 2.05) is 30.3 Å². The summed E-state index contributed by atoms with van der Waals surface area (Å²) in [5.41, 5.74) is 4.12. The molecule has 1 saturated heterocycles. The van der Waals surface area contributed by atoms with Gasteiger partial charge in [0, 0.05) is 18.6 Å². The summed E-state index contributed by atoms with van der Waals surface area (Å²) in [5, 5.41) is 12.7. The van der Waals surface area contributed by atoms with Crippen molar-refractivity contribution in [1.29, 1.82) is 0 Å². The molecule has 4 atom stereocenters. The summed E-state index contributed by atoms with van der Waals surface area (Å²) in [6, 6.07) is 16.7. The Morgan fingerprint density at radius 1 is 1.09 bits per heavy atom. The van der Waals surface area contributed by atoms with Gasteiger partial charge in [-0.2, -0.15) is 0 Å². The molecule has 2 aliphatic rings. The maximum absolute atomic E-state index is 15.1. The lowest BCUT2D eigenvalue weighted by atomic mass is 9.85. The predicted molar refractivity (Wildman–Crippen MR) is 170 cm³/mol. The minimum absolute atomic E-state index is 0.0852. The minimum atomic E-state index is -0.722. The van der Waals surface area contributed by atoms with Gasteiger partial charge >= 0.3 is 0 Å². The largest absolute Gasteiger partial charge is 0.493 e. The maximum atomic E-state index is 15.1. The summed E-state index contributed by atoms with van der Waals surface area (Å²) in [5.74, 6) is 1.07. The zero-order valence-electron chi connectivity index (χ0n) is 25.0. The Morgan fingerprint density at radius 2 is 1.93 bits per heavy atom. The monoisotopic (exact) mass is 648 g/mol. The molecular formula is C33H33FN4O7S. The second kappa shape index (κ2) is 14.2. The van der Waals surface area contributed by atoms with Crippen molar-refractivity contribution in [3.05, 3.63) is 78.4 Å². The number of anilines is 1. The fourth-order valence-corrected chi connectivity index (χ4v) is 6.14. The maximum Gasteiger partial charge on any atom is 0.292 e. The number of rotatable bonds is 10. The molecule has 0 bridgehead atoms. The second-order valence-corrected chi connectivity index (χ2v) is 11.6. The number of methoxy groups -OCH3 is 1. The van der Waals surface area contributed by atoms with Crippen molar-refractivity contribution in [2.24, 2.45) is 17.8 Å². The third-order valence-electron chi connectivity index (χ3n) is 8.28. The van der Waals surface area contributed by atoms with E-state index in [0.717, 1.165) is 24.5 Å². The van der Waals surface area contributed by atoms with Crippen molar-refractivity contribution >= 4 is 39.9 Å². The highest BCUT2D eigenvalue weighted by molar-refractivity contribution is 7.80. The van der Waals surface area contributed by atoms with E-state index < -0.39 is 12.1 Å². The summed E-state index contributed by atoms with van der Waals surface area (Å²) in [6.07, 6.45) is 3.41. The molecule has 4 unspecified atom stereocenters. The number of fused-ring (bicyclic) bond motifs is 2. The summed E-state index contributed by atoms with van der Waals surface area (Å²) in [4.78, 5) is 26.0. The lowest BCUT2D eigenvalue weighted by molar-refractivity contribution is -0.158. The van der Waals surface area contributed by atoms with E-state index >= 15 is 4.39 Å². The Balaban J connectivity index is 1.08. The molecule has 1 aliphatic carbocycles. The van der Waals surface area contributed by atoms with Gasteiger partial charge in [-0.25, -0.2) is 19.8 Å². The number of hydrogen-bond acceptors (Lipinski definition) is 11. The van der Waals surface area contributed by atoms with Crippen LogP contribution in [0, 0.1) is 23.6 Å². The van der Waals surface area contributed by atoms with Gasteiger partial charge < -0.3 is 28.9 Å². The first-order chi connectivity index (χ1) is 22.4. The molecule has 1 aromatic heterocycles. The fraction of sp³-hybridized carbons (Fsp3) is 0.333. The molecule has 0 spiro atoms. The number of thiocarbonyl (C=S) groups is 1. The Morgan fingerprint density at radius 3 is 2.74 bits per heavy atom. The summed E-state index contributed by atoms with van der Waals surface area (Å²) < 4.78 is 38.2. The summed E-state index contributed by atoms with van der Waals surface area (Å²) >= 11 is 5.05. The van der Waals surface area contributed by atoms with Crippen molar-refractivity contribution in [3.8, 4) is 23.1 Å². The fourth-order valence-electron chi connectivity index (χ4n) is 5.99. The van der Waals surface area contributed by atoms with Crippen LogP contribution in [0.2, 0.25) is 0 Å². The summed E-state index contributed by atoms with van der Waals surface area (Å²) in [7, 11) is 1.53. The SMILES string of the molecule is COc1cc2c(Oc3ccc(NOC(=S)NC(=O)Cc4ccccc4)cc3F)ncnc2cc1OCC1CCC2COC(O)CC12. The van der Waals surface area contributed by atoms with Crippen molar-refractivity contribution in [2.45, 2.75) is 32.0 Å². The molecule has 1 saturated carbocycles. The van der Waals surface area contributed by atoms with E-state index in [-0.39, 0.29) is 34.8 Å². The molecule has 6 rings (SSSR count). The molecule has 0 radical (unpaired) electrons. The first-order valence-electron chi connectivity index (χ1n) is 14.9. The number of ether oxygens (including phenoxy) is 4. The molecule has 240 valence electrons. The molecule has 2 fully saturated rings. The predicted octanol–water partition coefficient (Wildman–Crippen LogP) is 5.32. The van der Waals surface area contributed by atoms with Crippen molar-refractivity contribution in [2.75, 3.05) is 25.8 Å². The van der Waals surface area contributed by atoms with E-state index in [4.69, 9.17) is 36.0 Å². The second-order valence-electron chi connectivity index (χ2n) is 11.2. The minimum Gasteiger partial charge on any atom is -0.493 e. The van der Waals surface area contributed by atoms with E-state index in [1.165, 1.54) is 25.6 Å². The average Bonchev–Trinajstić information content (AvgIpc) is 3.45. The molecule has 3 N–H and O–H groups in total. The number of amides is 1. The number of hydrogen-bond donors (Lipinski definition) is 3. The number of carbonyl (C=O) groups is 1. The highest BCUT2D eigenvalue weighted by Gasteiger charge is 2.41. The van der Waals surface area contributed by atoms with Crippen LogP contribution in [0.1, 0.15) is 24.8 Å². The van der Waals surface area contributed by atoms with Crippen LogP contribution < -0.4 is 25.0 Å². The molecule has 11 nitrogen and oxygen atoms in total. The molecule has 2 heterocycles. The van der Waals surface area contributed by atoms with E-state index in [9.17, 15) is 9.90 Å². The van der Waals surface area contributed by atoms with Crippen molar-refractivity contribution < 1.29 is 38.1 Å². The number of nitrogens with zero attached hydrogens (tertiary/aromatic N) is 2. The number of aliphatic hydroxyl groups is 1. The Kier molecular flexibility index (Phi) is 9.71. The lowest BCUT2D eigenvalue weighted by Gasteiger charge is -2.32. The summed E-state index contributed by atoms with van der Waals surface area (Å²) in [6.45, 7) is 1.06. The van der Waals surface area contributed by atoms with Crippen LogP contribution in [0.5, 0.6) is 23.1 Å². The molecule has 1 amide bonds. The highest BCUT2D eigenvalue weighted by atomic mass is 32.1. The van der Waals surface area contributed by atoms with E-state index in [2.05, 4.69) is 20.8 Å². The first kappa shape index (κ1) is 31.4. The number of halogens is 1. The van der Waals surface area contributed by atoms with Crippen LogP contribution in [0.15, 0.2) is 67.0 Å².